The van der Waals surface area contributed by atoms with E-state index in [9.17, 15) is 24.4 Å². The van der Waals surface area contributed by atoms with Gasteiger partial charge in [-0.05, 0) is 5.56 Å². The number of carbonyl (C=O) groups is 2. The molecule has 0 aliphatic carbocycles. The highest BCUT2D eigenvalue weighted by Crippen LogP contribution is 2.41. The van der Waals surface area contributed by atoms with E-state index in [2.05, 4.69) is 16.4 Å². The van der Waals surface area contributed by atoms with Gasteiger partial charge in [0.05, 0.1) is 0 Å². The number of anilines is 2. The molecule has 0 radical (unpaired) electrons. The molecule has 2 heterocycles. The van der Waals surface area contributed by atoms with E-state index in [0.717, 1.165) is 0 Å². The SMILES string of the molecule is N#Cc1c(NC(=O)COC(=O)c2[nH]c(=O)[nH]c(=O)c2N)oc(-c2ccccc2)c1-c1ccccc1. The lowest BCUT2D eigenvalue weighted by atomic mass is 9.98. The summed E-state index contributed by atoms with van der Waals surface area (Å²) in [7, 11) is 0. The van der Waals surface area contributed by atoms with Gasteiger partial charge in [-0.2, -0.15) is 5.26 Å². The number of rotatable bonds is 6. The number of amides is 1. The van der Waals surface area contributed by atoms with Crippen LogP contribution in [-0.2, 0) is 9.53 Å². The Bertz CT molecular complexity index is 1560. The molecule has 0 aliphatic rings. The van der Waals surface area contributed by atoms with Crippen LogP contribution in [0.25, 0.3) is 22.5 Å². The van der Waals surface area contributed by atoms with E-state index < -0.39 is 41.1 Å². The third-order valence-corrected chi connectivity index (χ3v) is 4.89. The lowest BCUT2D eigenvalue weighted by Crippen LogP contribution is -2.30. The molecular weight excluding hydrogens is 454 g/mol. The number of carbonyl (C=O) groups excluding carboxylic acids is 2. The van der Waals surface area contributed by atoms with Crippen LogP contribution in [0.2, 0.25) is 0 Å². The van der Waals surface area contributed by atoms with Crippen molar-refractivity contribution >= 4 is 23.4 Å². The summed E-state index contributed by atoms with van der Waals surface area (Å²) in [6.45, 7) is -0.806. The first-order valence-electron chi connectivity index (χ1n) is 10.2. The summed E-state index contributed by atoms with van der Waals surface area (Å²) in [5.74, 6) is -1.77. The number of furan rings is 1. The molecule has 174 valence electrons. The zero-order valence-corrected chi connectivity index (χ0v) is 18.0. The second-order valence-electron chi connectivity index (χ2n) is 7.18. The molecular formula is C24H17N5O6. The van der Waals surface area contributed by atoms with Crippen molar-refractivity contribution in [3.05, 3.63) is 92.8 Å². The number of ether oxygens (including phenoxy) is 1. The second-order valence-corrected chi connectivity index (χ2v) is 7.18. The van der Waals surface area contributed by atoms with E-state index >= 15 is 0 Å². The van der Waals surface area contributed by atoms with E-state index in [1.165, 1.54) is 0 Å². The van der Waals surface area contributed by atoms with Gasteiger partial charge in [-0.15, -0.1) is 0 Å². The summed E-state index contributed by atoms with van der Waals surface area (Å²) in [5, 5.41) is 12.3. The number of hydrogen-bond donors (Lipinski definition) is 4. The van der Waals surface area contributed by atoms with Crippen molar-refractivity contribution in [1.29, 1.82) is 5.26 Å². The molecule has 0 unspecified atom stereocenters. The summed E-state index contributed by atoms with van der Waals surface area (Å²) in [5.41, 5.74) is 4.36. The lowest BCUT2D eigenvalue weighted by Gasteiger charge is -2.06. The van der Waals surface area contributed by atoms with Gasteiger partial charge in [0.2, 0.25) is 5.88 Å². The number of H-pyrrole nitrogens is 2. The Hall–Kier alpha value is -5.37. The molecule has 0 saturated carbocycles. The molecule has 0 fully saturated rings. The molecule has 1 amide bonds. The van der Waals surface area contributed by atoms with Gasteiger partial charge in [-0.3, -0.25) is 24.9 Å². The Balaban J connectivity index is 1.61. The van der Waals surface area contributed by atoms with Crippen molar-refractivity contribution in [2.24, 2.45) is 0 Å². The molecule has 11 nitrogen and oxygen atoms in total. The van der Waals surface area contributed by atoms with E-state index in [4.69, 9.17) is 14.9 Å². The van der Waals surface area contributed by atoms with Crippen LogP contribution in [0, 0.1) is 11.3 Å². The molecule has 11 heteroatoms. The number of nitriles is 1. The zero-order valence-electron chi connectivity index (χ0n) is 18.0. The smallest absolute Gasteiger partial charge is 0.357 e. The van der Waals surface area contributed by atoms with Gasteiger partial charge in [0.25, 0.3) is 11.5 Å². The first-order valence-corrected chi connectivity index (χ1v) is 10.2. The van der Waals surface area contributed by atoms with Gasteiger partial charge >= 0.3 is 11.7 Å². The minimum Gasteiger partial charge on any atom is -0.451 e. The lowest BCUT2D eigenvalue weighted by molar-refractivity contribution is -0.119. The number of hydrogen-bond acceptors (Lipinski definition) is 8. The van der Waals surface area contributed by atoms with Gasteiger partial charge in [0.1, 0.15) is 23.1 Å². The maximum absolute atomic E-state index is 12.5. The summed E-state index contributed by atoms with van der Waals surface area (Å²) in [4.78, 5) is 51.5. The first-order chi connectivity index (χ1) is 16.9. The summed E-state index contributed by atoms with van der Waals surface area (Å²) in [6, 6.07) is 20.1. The van der Waals surface area contributed by atoms with Crippen LogP contribution in [0.1, 0.15) is 16.1 Å². The fraction of sp³-hybridized carbons (Fsp3) is 0.0417. The topological polar surface area (TPSA) is 184 Å². The van der Waals surface area contributed by atoms with Crippen molar-refractivity contribution in [2.75, 3.05) is 17.7 Å². The number of aromatic nitrogens is 2. The number of aromatic amines is 2. The molecule has 4 aromatic rings. The van der Waals surface area contributed by atoms with Crippen molar-refractivity contribution in [1.82, 2.24) is 9.97 Å². The Morgan fingerprint density at radius 3 is 2.26 bits per heavy atom. The molecule has 0 spiro atoms. The van der Waals surface area contributed by atoms with Crippen LogP contribution >= 0.6 is 0 Å². The normalized spacial score (nSPS) is 10.4. The molecule has 0 atom stereocenters. The highest BCUT2D eigenvalue weighted by atomic mass is 16.5. The zero-order chi connectivity index (χ0) is 24.9. The van der Waals surface area contributed by atoms with Gasteiger partial charge < -0.3 is 14.9 Å². The molecule has 35 heavy (non-hydrogen) atoms. The largest absolute Gasteiger partial charge is 0.451 e. The second kappa shape index (κ2) is 9.63. The molecule has 2 aromatic heterocycles. The fourth-order valence-electron chi connectivity index (χ4n) is 3.32. The highest BCUT2D eigenvalue weighted by Gasteiger charge is 2.25. The third-order valence-electron chi connectivity index (χ3n) is 4.89. The van der Waals surface area contributed by atoms with Crippen molar-refractivity contribution in [3.8, 4) is 28.5 Å². The number of nitrogen functional groups attached to an aromatic ring is 1. The molecule has 4 rings (SSSR count). The average Bonchev–Trinajstić information content (AvgIpc) is 3.23. The van der Waals surface area contributed by atoms with Crippen LogP contribution in [0.5, 0.6) is 0 Å². The van der Waals surface area contributed by atoms with Crippen LogP contribution < -0.4 is 22.3 Å². The molecule has 0 saturated heterocycles. The predicted octanol–water partition coefficient (Wildman–Crippen LogP) is 2.24. The van der Waals surface area contributed by atoms with E-state index in [1.54, 1.807) is 48.5 Å². The highest BCUT2D eigenvalue weighted by molar-refractivity contribution is 5.98. The molecule has 0 bridgehead atoms. The molecule has 2 aromatic carbocycles. The van der Waals surface area contributed by atoms with Gasteiger partial charge in [0.15, 0.2) is 12.3 Å². The minimum atomic E-state index is -1.18. The van der Waals surface area contributed by atoms with E-state index in [0.29, 0.717) is 22.5 Å². The Morgan fingerprint density at radius 1 is 1.00 bits per heavy atom. The average molecular weight is 471 g/mol. The van der Waals surface area contributed by atoms with Gasteiger partial charge in [-0.25, -0.2) is 9.59 Å². The minimum absolute atomic E-state index is 0.0814. The Labute approximate surface area is 196 Å². The molecule has 0 aliphatic heterocycles. The van der Waals surface area contributed by atoms with Gasteiger partial charge in [0, 0.05) is 11.1 Å². The standard InChI is InChI=1S/C24H17N5O6/c25-11-15-17(13-7-3-1-4-8-13)20(14-9-5-2-6-10-14)35-22(15)27-16(30)12-34-23(32)19-18(26)21(31)29-24(33)28-19/h1-10H,12,26H2,(H,27,30)(H2,28,29,31,33). The van der Waals surface area contributed by atoms with Crippen LogP contribution in [-0.4, -0.2) is 28.5 Å². The third kappa shape index (κ3) is 4.71. The quantitative estimate of drug-likeness (QED) is 0.308. The number of nitrogens with two attached hydrogens (primary N) is 1. The summed E-state index contributed by atoms with van der Waals surface area (Å²) >= 11 is 0. The van der Waals surface area contributed by atoms with Crippen molar-refractivity contribution < 1.29 is 18.7 Å². The fourth-order valence-corrected chi connectivity index (χ4v) is 3.32. The molecule has 5 N–H and O–H groups in total. The van der Waals surface area contributed by atoms with Gasteiger partial charge in [-0.1, -0.05) is 60.7 Å². The van der Waals surface area contributed by atoms with E-state index in [-0.39, 0.29) is 11.4 Å². The monoisotopic (exact) mass is 471 g/mol. The van der Waals surface area contributed by atoms with Crippen molar-refractivity contribution in [3.63, 3.8) is 0 Å². The maximum Gasteiger partial charge on any atom is 0.357 e. The number of esters is 1. The van der Waals surface area contributed by atoms with Crippen molar-refractivity contribution in [2.45, 2.75) is 0 Å². The van der Waals surface area contributed by atoms with Crippen LogP contribution in [0.15, 0.2) is 74.7 Å². The number of benzene rings is 2. The number of nitrogens with zero attached hydrogens (tertiary/aromatic N) is 1. The van der Waals surface area contributed by atoms with E-state index in [1.807, 2.05) is 17.1 Å². The predicted molar refractivity (Wildman–Crippen MR) is 125 cm³/mol. The summed E-state index contributed by atoms with van der Waals surface area (Å²) < 4.78 is 10.7. The Kier molecular flexibility index (Phi) is 6.28. The maximum atomic E-state index is 12.5. The van der Waals surface area contributed by atoms with Crippen LogP contribution in [0.3, 0.4) is 0 Å². The first kappa shape index (κ1) is 22.8. The number of nitrogens with one attached hydrogen (secondary N) is 3. The summed E-state index contributed by atoms with van der Waals surface area (Å²) in [6.07, 6.45) is 0. The Morgan fingerprint density at radius 2 is 1.63 bits per heavy atom. The van der Waals surface area contributed by atoms with Crippen LogP contribution in [0.4, 0.5) is 11.6 Å².